The van der Waals surface area contributed by atoms with Crippen LogP contribution >= 0.6 is 0 Å². The molecule has 1 aromatic rings. The number of hydrogen-bond acceptors (Lipinski definition) is 4. The van der Waals surface area contributed by atoms with Crippen LogP contribution in [0.4, 0.5) is 0 Å². The Balaban J connectivity index is 2.33. The van der Waals surface area contributed by atoms with E-state index >= 15 is 0 Å². The summed E-state index contributed by atoms with van der Waals surface area (Å²) < 4.78 is 10.4. The summed E-state index contributed by atoms with van der Waals surface area (Å²) in [6, 6.07) is 5.35. The van der Waals surface area contributed by atoms with E-state index in [0.717, 1.165) is 11.3 Å². The first-order valence-electron chi connectivity index (χ1n) is 4.08. The SMILES string of the molecule is CO/N=C(\N)c1ccc2c(c1)OCO2. The average molecular weight is 194 g/mol. The van der Waals surface area contributed by atoms with Gasteiger partial charge < -0.3 is 20.0 Å². The zero-order valence-electron chi connectivity index (χ0n) is 7.69. The van der Waals surface area contributed by atoms with Crippen LogP contribution in [0.25, 0.3) is 0 Å². The smallest absolute Gasteiger partial charge is 0.231 e. The molecule has 0 aromatic heterocycles. The molecule has 0 unspecified atom stereocenters. The number of nitrogens with zero attached hydrogens (tertiary/aromatic N) is 1. The number of hydrogen-bond donors (Lipinski definition) is 1. The van der Waals surface area contributed by atoms with Crippen molar-refractivity contribution in [1.29, 1.82) is 0 Å². The Kier molecular flexibility index (Phi) is 2.14. The molecule has 0 bridgehead atoms. The van der Waals surface area contributed by atoms with Crippen molar-refractivity contribution in [2.45, 2.75) is 0 Å². The molecule has 0 radical (unpaired) electrons. The predicted octanol–water partition coefficient (Wildman–Crippen LogP) is 0.682. The molecule has 1 aliphatic rings. The summed E-state index contributed by atoms with van der Waals surface area (Å²) in [6.07, 6.45) is 0. The number of fused-ring (bicyclic) bond motifs is 1. The molecular formula is C9H10N2O3. The molecule has 5 heteroatoms. The van der Waals surface area contributed by atoms with Gasteiger partial charge >= 0.3 is 0 Å². The first kappa shape index (κ1) is 8.68. The maximum atomic E-state index is 5.63. The highest BCUT2D eigenvalue weighted by Crippen LogP contribution is 2.32. The third-order valence-corrected chi connectivity index (χ3v) is 1.86. The fourth-order valence-electron chi connectivity index (χ4n) is 1.21. The lowest BCUT2D eigenvalue weighted by molar-refractivity contribution is 0.174. The van der Waals surface area contributed by atoms with Crippen LogP contribution in [0.1, 0.15) is 5.56 Å². The maximum Gasteiger partial charge on any atom is 0.231 e. The lowest BCUT2D eigenvalue weighted by Gasteiger charge is -2.01. The number of benzene rings is 1. The molecule has 0 atom stereocenters. The van der Waals surface area contributed by atoms with Crippen LogP contribution in [-0.4, -0.2) is 19.7 Å². The van der Waals surface area contributed by atoms with Crippen LogP contribution < -0.4 is 15.2 Å². The minimum absolute atomic E-state index is 0.250. The van der Waals surface area contributed by atoms with Crippen LogP contribution in [0, 0.1) is 0 Å². The normalized spacial score (nSPS) is 14.2. The molecule has 1 aromatic carbocycles. The van der Waals surface area contributed by atoms with Crippen molar-refractivity contribution >= 4 is 5.84 Å². The number of rotatable bonds is 2. The van der Waals surface area contributed by atoms with Crippen molar-refractivity contribution in [1.82, 2.24) is 0 Å². The number of ether oxygens (including phenoxy) is 2. The molecule has 1 heterocycles. The van der Waals surface area contributed by atoms with Gasteiger partial charge in [-0.25, -0.2) is 0 Å². The summed E-state index contributed by atoms with van der Waals surface area (Å²) in [4.78, 5) is 4.57. The quantitative estimate of drug-likeness (QED) is 0.427. The second kappa shape index (κ2) is 3.45. The monoisotopic (exact) mass is 194 g/mol. The van der Waals surface area contributed by atoms with Crippen molar-refractivity contribution in [2.75, 3.05) is 13.9 Å². The minimum atomic E-state index is 0.250. The fraction of sp³-hybridized carbons (Fsp3) is 0.222. The number of amidine groups is 1. The minimum Gasteiger partial charge on any atom is -0.454 e. The van der Waals surface area contributed by atoms with Gasteiger partial charge in [0, 0.05) is 5.56 Å². The standard InChI is InChI=1S/C9H10N2O3/c1-12-11-9(10)6-2-3-7-8(4-6)14-5-13-7/h2-4H,5H2,1H3,(H2,10,11). The van der Waals surface area contributed by atoms with Crippen LogP contribution in [-0.2, 0) is 4.84 Å². The molecule has 0 saturated carbocycles. The van der Waals surface area contributed by atoms with E-state index in [1.54, 1.807) is 18.2 Å². The number of nitrogens with two attached hydrogens (primary N) is 1. The lowest BCUT2D eigenvalue weighted by Crippen LogP contribution is -2.13. The fourth-order valence-corrected chi connectivity index (χ4v) is 1.21. The van der Waals surface area contributed by atoms with E-state index in [1.165, 1.54) is 7.11 Å². The summed E-state index contributed by atoms with van der Waals surface area (Å²) >= 11 is 0. The molecule has 14 heavy (non-hydrogen) atoms. The molecule has 74 valence electrons. The molecule has 0 saturated heterocycles. The molecule has 1 aliphatic heterocycles. The highest BCUT2D eigenvalue weighted by atomic mass is 16.7. The van der Waals surface area contributed by atoms with Crippen molar-refractivity contribution in [3.8, 4) is 11.5 Å². The van der Waals surface area contributed by atoms with E-state index in [2.05, 4.69) is 9.99 Å². The van der Waals surface area contributed by atoms with Gasteiger partial charge in [0.2, 0.25) is 6.79 Å². The van der Waals surface area contributed by atoms with Crippen LogP contribution in [0.3, 0.4) is 0 Å². The molecule has 0 fully saturated rings. The first-order chi connectivity index (χ1) is 6.81. The van der Waals surface area contributed by atoms with E-state index in [4.69, 9.17) is 15.2 Å². The van der Waals surface area contributed by atoms with E-state index in [0.29, 0.717) is 11.6 Å². The molecule has 0 amide bonds. The number of oxime groups is 1. The van der Waals surface area contributed by atoms with Crippen LogP contribution in [0.5, 0.6) is 11.5 Å². The Morgan fingerprint density at radius 3 is 3.00 bits per heavy atom. The van der Waals surface area contributed by atoms with Gasteiger partial charge in [0.05, 0.1) is 0 Å². The van der Waals surface area contributed by atoms with Crippen molar-refractivity contribution in [3.05, 3.63) is 23.8 Å². The molecular weight excluding hydrogens is 184 g/mol. The van der Waals surface area contributed by atoms with E-state index < -0.39 is 0 Å². The molecule has 2 N–H and O–H groups in total. The van der Waals surface area contributed by atoms with Crippen molar-refractivity contribution in [3.63, 3.8) is 0 Å². The van der Waals surface area contributed by atoms with Crippen molar-refractivity contribution < 1.29 is 14.3 Å². The largest absolute Gasteiger partial charge is 0.454 e. The average Bonchev–Trinajstić information content (AvgIpc) is 2.64. The van der Waals surface area contributed by atoms with Gasteiger partial charge in [-0.05, 0) is 18.2 Å². The summed E-state index contributed by atoms with van der Waals surface area (Å²) in [5.41, 5.74) is 6.37. The Morgan fingerprint density at radius 2 is 2.21 bits per heavy atom. The Morgan fingerprint density at radius 1 is 1.43 bits per heavy atom. The van der Waals surface area contributed by atoms with Gasteiger partial charge in [-0.1, -0.05) is 5.16 Å². The van der Waals surface area contributed by atoms with E-state index in [-0.39, 0.29) is 6.79 Å². The second-order valence-electron chi connectivity index (χ2n) is 2.73. The molecule has 5 nitrogen and oxygen atoms in total. The van der Waals surface area contributed by atoms with E-state index in [1.807, 2.05) is 0 Å². The summed E-state index contributed by atoms with van der Waals surface area (Å²) in [5.74, 6) is 1.71. The molecule has 2 rings (SSSR count). The highest BCUT2D eigenvalue weighted by Gasteiger charge is 2.14. The van der Waals surface area contributed by atoms with Gasteiger partial charge in [0.25, 0.3) is 0 Å². The summed E-state index contributed by atoms with van der Waals surface area (Å²) in [5, 5.41) is 3.62. The highest BCUT2D eigenvalue weighted by molar-refractivity contribution is 5.97. The Bertz CT molecular complexity index is 376. The maximum absolute atomic E-state index is 5.63. The summed E-state index contributed by atoms with van der Waals surface area (Å²) in [6.45, 7) is 0.250. The topological polar surface area (TPSA) is 66.1 Å². The third kappa shape index (κ3) is 1.44. The molecule has 0 aliphatic carbocycles. The summed E-state index contributed by atoms with van der Waals surface area (Å²) in [7, 11) is 1.44. The van der Waals surface area contributed by atoms with Crippen molar-refractivity contribution in [2.24, 2.45) is 10.9 Å². The Hall–Kier alpha value is -1.91. The van der Waals surface area contributed by atoms with Gasteiger partial charge in [-0.15, -0.1) is 0 Å². The third-order valence-electron chi connectivity index (χ3n) is 1.86. The molecule has 0 spiro atoms. The zero-order valence-corrected chi connectivity index (χ0v) is 7.69. The lowest BCUT2D eigenvalue weighted by atomic mass is 10.2. The second-order valence-corrected chi connectivity index (χ2v) is 2.73. The Labute approximate surface area is 81.1 Å². The predicted molar refractivity (Wildman–Crippen MR) is 50.3 cm³/mol. The van der Waals surface area contributed by atoms with Gasteiger partial charge in [0.1, 0.15) is 7.11 Å². The van der Waals surface area contributed by atoms with Gasteiger partial charge in [0.15, 0.2) is 17.3 Å². The van der Waals surface area contributed by atoms with Gasteiger partial charge in [-0.3, -0.25) is 0 Å². The first-order valence-corrected chi connectivity index (χ1v) is 4.08. The van der Waals surface area contributed by atoms with Crippen LogP contribution in [0.2, 0.25) is 0 Å². The zero-order chi connectivity index (χ0) is 9.97. The van der Waals surface area contributed by atoms with Gasteiger partial charge in [-0.2, -0.15) is 0 Å². The van der Waals surface area contributed by atoms with E-state index in [9.17, 15) is 0 Å². The van der Waals surface area contributed by atoms with Crippen LogP contribution in [0.15, 0.2) is 23.4 Å².